The summed E-state index contributed by atoms with van der Waals surface area (Å²) in [6, 6.07) is 11.0. The Morgan fingerprint density at radius 1 is 0.952 bits per heavy atom. The smallest absolute Gasteiger partial charge is 0.130 e. The van der Waals surface area contributed by atoms with Crippen molar-refractivity contribution in [3.63, 3.8) is 0 Å². The van der Waals surface area contributed by atoms with Gasteiger partial charge >= 0.3 is 0 Å². The molecule has 1 saturated heterocycles. The molecule has 3 rings (SSSR count). The van der Waals surface area contributed by atoms with Crippen LogP contribution in [-0.2, 0) is 4.74 Å². The van der Waals surface area contributed by atoms with Crippen molar-refractivity contribution < 1.29 is 9.47 Å². The third-order valence-electron chi connectivity index (χ3n) is 3.77. The van der Waals surface area contributed by atoms with Crippen molar-refractivity contribution in [2.45, 2.75) is 33.8 Å². The normalized spacial score (nSPS) is 16.9. The van der Waals surface area contributed by atoms with Crippen molar-refractivity contribution in [1.29, 1.82) is 0 Å². The maximum Gasteiger partial charge on any atom is 0.130 e. The van der Waals surface area contributed by atoms with Crippen LogP contribution >= 0.6 is 0 Å². The fraction of sp³-hybridized carbons (Fsp3) is 0.368. The van der Waals surface area contributed by atoms with Gasteiger partial charge in [0.25, 0.3) is 0 Å². The summed E-state index contributed by atoms with van der Waals surface area (Å²) >= 11 is 0. The van der Waals surface area contributed by atoms with E-state index >= 15 is 0 Å². The van der Waals surface area contributed by atoms with Gasteiger partial charge in [0.15, 0.2) is 0 Å². The maximum atomic E-state index is 6.06. The van der Waals surface area contributed by atoms with Gasteiger partial charge in [0.2, 0.25) is 0 Å². The molecule has 0 saturated carbocycles. The van der Waals surface area contributed by atoms with Gasteiger partial charge in [-0.2, -0.15) is 0 Å². The number of rotatable bonds is 4. The van der Waals surface area contributed by atoms with Crippen LogP contribution in [0.1, 0.15) is 22.3 Å². The van der Waals surface area contributed by atoms with E-state index < -0.39 is 0 Å². The van der Waals surface area contributed by atoms with Crippen molar-refractivity contribution in [3.8, 4) is 16.9 Å². The Kier molecular flexibility index (Phi) is 3.73. The highest BCUT2D eigenvalue weighted by Gasteiger charge is 2.24. The van der Waals surface area contributed by atoms with Crippen molar-refractivity contribution in [2.24, 2.45) is 0 Å². The minimum atomic E-state index is 0.276. The van der Waals surface area contributed by atoms with Crippen LogP contribution in [0.4, 0.5) is 0 Å². The van der Waals surface area contributed by atoms with Crippen LogP contribution in [0.5, 0.6) is 5.75 Å². The Labute approximate surface area is 126 Å². The molecule has 110 valence electrons. The summed E-state index contributed by atoms with van der Waals surface area (Å²) < 4.78 is 11.3. The zero-order valence-electron chi connectivity index (χ0n) is 13.2. The van der Waals surface area contributed by atoms with Crippen molar-refractivity contribution in [3.05, 3.63) is 52.6 Å². The summed E-state index contributed by atoms with van der Waals surface area (Å²) in [4.78, 5) is 0. The van der Waals surface area contributed by atoms with Crippen LogP contribution in [0.3, 0.4) is 0 Å². The highest BCUT2D eigenvalue weighted by molar-refractivity contribution is 5.74. The lowest BCUT2D eigenvalue weighted by atomic mass is 9.96. The second-order valence-electron chi connectivity index (χ2n) is 6.10. The predicted molar refractivity (Wildman–Crippen MR) is 86.1 cm³/mol. The minimum absolute atomic E-state index is 0.276. The molecule has 2 aromatic rings. The Morgan fingerprint density at radius 3 is 2.19 bits per heavy atom. The molecule has 0 bridgehead atoms. The van der Waals surface area contributed by atoms with E-state index in [-0.39, 0.29) is 6.10 Å². The van der Waals surface area contributed by atoms with Crippen LogP contribution in [0.15, 0.2) is 30.3 Å². The first-order valence-corrected chi connectivity index (χ1v) is 7.47. The summed E-state index contributed by atoms with van der Waals surface area (Å²) in [5.74, 6) is 0.987. The number of ether oxygens (including phenoxy) is 2. The number of aryl methyl sites for hydroxylation is 4. The Morgan fingerprint density at radius 2 is 1.57 bits per heavy atom. The molecule has 0 N–H and O–H groups in total. The highest BCUT2D eigenvalue weighted by Crippen LogP contribution is 2.35. The molecule has 1 aliphatic rings. The molecule has 1 aliphatic heterocycles. The fourth-order valence-corrected chi connectivity index (χ4v) is 2.83. The molecule has 0 spiro atoms. The van der Waals surface area contributed by atoms with E-state index in [2.05, 4.69) is 58.0 Å². The van der Waals surface area contributed by atoms with Crippen molar-refractivity contribution in [2.75, 3.05) is 13.2 Å². The monoisotopic (exact) mass is 282 g/mol. The van der Waals surface area contributed by atoms with Gasteiger partial charge in [-0.3, -0.25) is 0 Å². The lowest BCUT2D eigenvalue weighted by molar-refractivity contribution is 0.262. The molecular formula is C19H22O2. The average molecular weight is 282 g/mol. The predicted octanol–water partition coefficient (Wildman–Crippen LogP) is 4.36. The van der Waals surface area contributed by atoms with E-state index in [4.69, 9.17) is 9.47 Å². The lowest BCUT2D eigenvalue weighted by Crippen LogP contribution is -2.06. The molecule has 21 heavy (non-hydrogen) atoms. The number of benzene rings is 2. The lowest BCUT2D eigenvalue weighted by Gasteiger charge is -2.16. The average Bonchev–Trinajstić information content (AvgIpc) is 3.19. The molecule has 1 unspecified atom stereocenters. The first-order valence-electron chi connectivity index (χ1n) is 7.47. The van der Waals surface area contributed by atoms with Crippen molar-refractivity contribution >= 4 is 0 Å². The molecule has 2 heteroatoms. The quantitative estimate of drug-likeness (QED) is 0.777. The summed E-state index contributed by atoms with van der Waals surface area (Å²) in [6.07, 6.45) is 0.276. The van der Waals surface area contributed by atoms with E-state index in [9.17, 15) is 0 Å². The Balaban J connectivity index is 2.05. The van der Waals surface area contributed by atoms with Gasteiger partial charge in [-0.05, 0) is 50.5 Å². The van der Waals surface area contributed by atoms with Crippen molar-refractivity contribution in [1.82, 2.24) is 0 Å². The summed E-state index contributed by atoms with van der Waals surface area (Å²) in [6.45, 7) is 9.98. The summed E-state index contributed by atoms with van der Waals surface area (Å²) in [5, 5.41) is 0. The standard InChI is InChI=1S/C19H22O2/c1-12-5-13(2)8-16(7-12)18-9-14(3)6-15(4)19(18)21-11-17-10-20-17/h5-9,17H,10-11H2,1-4H3. The largest absolute Gasteiger partial charge is 0.490 e. The van der Waals surface area contributed by atoms with Gasteiger partial charge in [0.1, 0.15) is 18.5 Å². The first kappa shape index (κ1) is 14.2. The molecule has 2 aromatic carbocycles. The molecule has 1 heterocycles. The molecule has 0 radical (unpaired) electrons. The van der Waals surface area contributed by atoms with E-state index in [1.165, 1.54) is 33.4 Å². The molecule has 0 amide bonds. The van der Waals surface area contributed by atoms with Gasteiger partial charge in [0, 0.05) is 5.56 Å². The van der Waals surface area contributed by atoms with Crippen LogP contribution in [0.25, 0.3) is 11.1 Å². The number of hydrogen-bond acceptors (Lipinski definition) is 2. The van der Waals surface area contributed by atoms with Gasteiger partial charge in [-0.15, -0.1) is 0 Å². The number of hydrogen-bond donors (Lipinski definition) is 0. The third kappa shape index (κ3) is 3.27. The maximum absolute atomic E-state index is 6.06. The first-order chi connectivity index (χ1) is 10.0. The second kappa shape index (κ2) is 5.53. The van der Waals surface area contributed by atoms with Crippen LogP contribution < -0.4 is 4.74 Å². The van der Waals surface area contributed by atoms with E-state index in [1.54, 1.807) is 0 Å². The molecule has 1 atom stereocenters. The van der Waals surface area contributed by atoms with Crippen LogP contribution in [-0.4, -0.2) is 19.3 Å². The van der Waals surface area contributed by atoms with Gasteiger partial charge in [-0.1, -0.05) is 35.4 Å². The fourth-order valence-electron chi connectivity index (χ4n) is 2.83. The zero-order valence-corrected chi connectivity index (χ0v) is 13.2. The third-order valence-corrected chi connectivity index (χ3v) is 3.77. The second-order valence-corrected chi connectivity index (χ2v) is 6.10. The highest BCUT2D eigenvalue weighted by atomic mass is 16.6. The topological polar surface area (TPSA) is 21.8 Å². The van der Waals surface area contributed by atoms with Gasteiger partial charge in [-0.25, -0.2) is 0 Å². The number of epoxide rings is 1. The van der Waals surface area contributed by atoms with Gasteiger partial charge in [0.05, 0.1) is 6.61 Å². The molecule has 0 aliphatic carbocycles. The molecule has 1 fully saturated rings. The summed E-state index contributed by atoms with van der Waals surface area (Å²) in [5.41, 5.74) is 7.41. The molecule has 0 aromatic heterocycles. The van der Waals surface area contributed by atoms with Crippen LogP contribution in [0.2, 0.25) is 0 Å². The zero-order chi connectivity index (χ0) is 15.0. The molecule has 2 nitrogen and oxygen atoms in total. The van der Waals surface area contributed by atoms with E-state index in [0.29, 0.717) is 6.61 Å². The SMILES string of the molecule is Cc1cc(C)cc(-c2cc(C)cc(C)c2OCC2CO2)c1. The summed E-state index contributed by atoms with van der Waals surface area (Å²) in [7, 11) is 0. The Hall–Kier alpha value is -1.80. The molecular weight excluding hydrogens is 260 g/mol. The Bertz CT molecular complexity index is 649. The van der Waals surface area contributed by atoms with E-state index in [1.807, 2.05) is 0 Å². The minimum Gasteiger partial charge on any atom is -0.490 e. The van der Waals surface area contributed by atoms with E-state index in [0.717, 1.165) is 12.4 Å². The van der Waals surface area contributed by atoms with Gasteiger partial charge < -0.3 is 9.47 Å². The van der Waals surface area contributed by atoms with Crippen LogP contribution in [0, 0.1) is 27.7 Å².